The van der Waals surface area contributed by atoms with Crippen molar-refractivity contribution in [1.82, 2.24) is 0 Å². The topological polar surface area (TPSA) is 9.23 Å². The third kappa shape index (κ3) is 4.43. The van der Waals surface area contributed by atoms with Crippen LogP contribution >= 0.6 is 0 Å². The van der Waals surface area contributed by atoms with E-state index in [1.807, 2.05) is 0 Å². The molecule has 1 unspecified atom stereocenters. The number of benzene rings is 2. The zero-order valence-electron chi connectivity index (χ0n) is 15.8. The van der Waals surface area contributed by atoms with E-state index in [-0.39, 0.29) is 0 Å². The van der Waals surface area contributed by atoms with Gasteiger partial charge >= 0.3 is 0 Å². The van der Waals surface area contributed by atoms with E-state index in [4.69, 9.17) is 4.74 Å². The molecule has 0 amide bonds. The molecule has 0 bridgehead atoms. The van der Waals surface area contributed by atoms with Gasteiger partial charge in [0.2, 0.25) is 0 Å². The summed E-state index contributed by atoms with van der Waals surface area (Å²) in [6.45, 7) is 9.36. The Morgan fingerprint density at radius 2 is 1.60 bits per heavy atom. The summed E-state index contributed by atoms with van der Waals surface area (Å²) in [6.07, 6.45) is 5.05. The van der Waals surface area contributed by atoms with Crippen LogP contribution in [0, 0.1) is 0 Å². The number of quaternary nitrogens is 1. The second kappa shape index (κ2) is 8.53. The third-order valence-corrected chi connectivity index (χ3v) is 5.96. The van der Waals surface area contributed by atoms with E-state index >= 15 is 0 Å². The molecule has 2 heteroatoms. The number of ether oxygens (including phenoxy) is 1. The van der Waals surface area contributed by atoms with Gasteiger partial charge in [0, 0.05) is 6.42 Å². The van der Waals surface area contributed by atoms with E-state index in [1.54, 1.807) is 0 Å². The Bertz CT molecular complexity index is 646. The van der Waals surface area contributed by atoms with Crippen LogP contribution in [0.25, 0.3) is 0 Å². The van der Waals surface area contributed by atoms with Crippen molar-refractivity contribution in [3.63, 3.8) is 0 Å². The molecule has 134 valence electrons. The maximum atomic E-state index is 6.34. The van der Waals surface area contributed by atoms with E-state index in [2.05, 4.69) is 68.4 Å². The summed E-state index contributed by atoms with van der Waals surface area (Å²) in [5.41, 5.74) is 2.61. The highest BCUT2D eigenvalue weighted by Gasteiger charge is 2.34. The first kappa shape index (κ1) is 18.0. The monoisotopic (exact) mass is 338 g/mol. The summed E-state index contributed by atoms with van der Waals surface area (Å²) in [5, 5.41) is 0. The number of hydrogen-bond acceptors (Lipinski definition) is 1. The molecule has 0 saturated carbocycles. The highest BCUT2D eigenvalue weighted by atomic mass is 16.5. The average molecular weight is 339 g/mol. The molecule has 1 fully saturated rings. The summed E-state index contributed by atoms with van der Waals surface area (Å²) in [4.78, 5) is 0. The van der Waals surface area contributed by atoms with Crippen molar-refractivity contribution in [1.29, 1.82) is 0 Å². The Balaban J connectivity index is 1.66. The molecule has 0 radical (unpaired) electrons. The molecule has 25 heavy (non-hydrogen) atoms. The quantitative estimate of drug-likeness (QED) is 0.641. The molecule has 0 aromatic heterocycles. The normalized spacial score (nSPS) is 17.8. The van der Waals surface area contributed by atoms with Gasteiger partial charge in [0.1, 0.15) is 18.4 Å². The van der Waals surface area contributed by atoms with Crippen LogP contribution in [-0.4, -0.2) is 36.8 Å². The molecule has 2 aromatic carbocycles. The summed E-state index contributed by atoms with van der Waals surface area (Å²) >= 11 is 0. The lowest BCUT2D eigenvalue weighted by atomic mass is 10.0. The van der Waals surface area contributed by atoms with Crippen LogP contribution in [0.2, 0.25) is 0 Å². The summed E-state index contributed by atoms with van der Waals surface area (Å²) in [6, 6.07) is 19.7. The standard InChI is InChI=1S/C23H32NO/c1-3-24(16-10-5-11-17-24)20(2)19-25-23-15-9-8-14-22(23)18-21-12-6-4-7-13-21/h4,6-9,12-15,20H,3,5,10-11,16-19H2,1-2H3/q+1. The van der Waals surface area contributed by atoms with Crippen LogP contribution in [0.4, 0.5) is 0 Å². The van der Waals surface area contributed by atoms with Crippen LogP contribution in [0.15, 0.2) is 54.6 Å². The highest BCUT2D eigenvalue weighted by molar-refractivity contribution is 5.37. The number of nitrogens with zero attached hydrogens (tertiary/aromatic N) is 1. The zero-order valence-corrected chi connectivity index (χ0v) is 15.8. The first-order valence-electron chi connectivity index (χ1n) is 9.84. The summed E-state index contributed by atoms with van der Waals surface area (Å²) in [5.74, 6) is 1.05. The van der Waals surface area contributed by atoms with Crippen molar-refractivity contribution in [2.24, 2.45) is 0 Å². The fraction of sp³-hybridized carbons (Fsp3) is 0.478. The van der Waals surface area contributed by atoms with Gasteiger partial charge in [-0.2, -0.15) is 0 Å². The Morgan fingerprint density at radius 1 is 0.920 bits per heavy atom. The average Bonchev–Trinajstić information content (AvgIpc) is 2.68. The summed E-state index contributed by atoms with van der Waals surface area (Å²) < 4.78 is 7.56. The Labute approximate surface area is 153 Å². The molecule has 1 heterocycles. The van der Waals surface area contributed by atoms with E-state index < -0.39 is 0 Å². The fourth-order valence-electron chi connectivity index (χ4n) is 4.19. The lowest BCUT2D eigenvalue weighted by Crippen LogP contribution is -2.58. The largest absolute Gasteiger partial charge is 0.487 e. The molecule has 1 atom stereocenters. The van der Waals surface area contributed by atoms with Gasteiger partial charge < -0.3 is 9.22 Å². The van der Waals surface area contributed by atoms with Crippen molar-refractivity contribution in [3.8, 4) is 5.75 Å². The Morgan fingerprint density at radius 3 is 2.32 bits per heavy atom. The lowest BCUT2D eigenvalue weighted by molar-refractivity contribution is -0.952. The predicted molar refractivity (Wildman–Crippen MR) is 105 cm³/mol. The minimum Gasteiger partial charge on any atom is -0.487 e. The van der Waals surface area contributed by atoms with Crippen LogP contribution in [0.5, 0.6) is 5.75 Å². The zero-order chi connectivity index (χ0) is 17.5. The Hall–Kier alpha value is -1.80. The van der Waals surface area contributed by atoms with Gasteiger partial charge in [0.05, 0.1) is 19.6 Å². The van der Waals surface area contributed by atoms with Crippen molar-refractivity contribution < 1.29 is 9.22 Å². The van der Waals surface area contributed by atoms with E-state index in [1.165, 1.54) is 54.5 Å². The molecule has 2 nitrogen and oxygen atoms in total. The van der Waals surface area contributed by atoms with Crippen molar-refractivity contribution in [2.45, 2.75) is 45.6 Å². The van der Waals surface area contributed by atoms with E-state index in [9.17, 15) is 0 Å². The lowest BCUT2D eigenvalue weighted by Gasteiger charge is -2.45. The molecule has 0 aliphatic carbocycles. The second-order valence-corrected chi connectivity index (χ2v) is 7.47. The van der Waals surface area contributed by atoms with Gasteiger partial charge in [-0.05, 0) is 50.3 Å². The number of likely N-dealkylation sites (tertiary alicyclic amines) is 1. The molecular weight excluding hydrogens is 306 g/mol. The van der Waals surface area contributed by atoms with Crippen LogP contribution in [0.1, 0.15) is 44.2 Å². The van der Waals surface area contributed by atoms with Crippen molar-refractivity contribution >= 4 is 0 Å². The first-order chi connectivity index (χ1) is 12.2. The Kier molecular flexibility index (Phi) is 6.14. The second-order valence-electron chi connectivity index (χ2n) is 7.47. The molecule has 0 N–H and O–H groups in total. The van der Waals surface area contributed by atoms with Gasteiger partial charge in [-0.25, -0.2) is 0 Å². The van der Waals surface area contributed by atoms with Gasteiger partial charge in [-0.3, -0.25) is 0 Å². The van der Waals surface area contributed by atoms with Crippen molar-refractivity contribution in [2.75, 3.05) is 26.2 Å². The molecule has 3 rings (SSSR count). The molecule has 2 aromatic rings. The van der Waals surface area contributed by atoms with Crippen LogP contribution in [-0.2, 0) is 6.42 Å². The third-order valence-electron chi connectivity index (χ3n) is 5.96. The van der Waals surface area contributed by atoms with Crippen LogP contribution < -0.4 is 4.74 Å². The van der Waals surface area contributed by atoms with Gasteiger partial charge in [0.15, 0.2) is 0 Å². The number of para-hydroxylation sites is 1. The summed E-state index contributed by atoms with van der Waals surface area (Å²) in [7, 11) is 0. The number of rotatable bonds is 7. The predicted octanol–water partition coefficient (Wildman–Crippen LogP) is 5.07. The molecule has 1 saturated heterocycles. The van der Waals surface area contributed by atoms with Crippen molar-refractivity contribution in [3.05, 3.63) is 65.7 Å². The van der Waals surface area contributed by atoms with Gasteiger partial charge in [-0.15, -0.1) is 0 Å². The maximum absolute atomic E-state index is 6.34. The molecule has 1 aliphatic heterocycles. The molecule has 1 aliphatic rings. The van der Waals surface area contributed by atoms with E-state index in [0.717, 1.165) is 18.8 Å². The first-order valence-corrected chi connectivity index (χ1v) is 9.84. The van der Waals surface area contributed by atoms with Crippen LogP contribution in [0.3, 0.4) is 0 Å². The number of piperidine rings is 1. The van der Waals surface area contributed by atoms with Gasteiger partial charge in [0.25, 0.3) is 0 Å². The minimum absolute atomic E-state index is 0.551. The van der Waals surface area contributed by atoms with Gasteiger partial charge in [-0.1, -0.05) is 48.5 Å². The maximum Gasteiger partial charge on any atom is 0.140 e. The van der Waals surface area contributed by atoms with E-state index in [0.29, 0.717) is 6.04 Å². The smallest absolute Gasteiger partial charge is 0.140 e. The number of likely N-dealkylation sites (N-methyl/N-ethyl adjacent to an activating group) is 1. The fourth-order valence-corrected chi connectivity index (χ4v) is 4.19. The number of hydrogen-bond donors (Lipinski definition) is 0. The SMILES string of the molecule is CC[N+]1(C(C)COc2ccccc2Cc2ccccc2)CCCCC1. The minimum atomic E-state index is 0.551. The molecule has 0 spiro atoms. The molecular formula is C23H32NO+. The highest BCUT2D eigenvalue weighted by Crippen LogP contribution is 2.25.